The van der Waals surface area contributed by atoms with Crippen molar-refractivity contribution < 1.29 is 9.13 Å². The van der Waals surface area contributed by atoms with Crippen LogP contribution in [0.4, 0.5) is 21.6 Å². The van der Waals surface area contributed by atoms with E-state index in [1.807, 2.05) is 12.3 Å². The molecule has 10 nitrogen and oxygen atoms in total. The Hall–Kier alpha value is -3.46. The number of aromatic nitrogens is 3. The van der Waals surface area contributed by atoms with Crippen molar-refractivity contribution in [3.8, 4) is 6.07 Å². The van der Waals surface area contributed by atoms with Gasteiger partial charge in [-0.15, -0.1) is 0 Å². The second kappa shape index (κ2) is 9.62. The quantitative estimate of drug-likeness (QED) is 0.529. The van der Waals surface area contributed by atoms with Crippen molar-refractivity contribution in [2.24, 2.45) is 0 Å². The summed E-state index contributed by atoms with van der Waals surface area (Å²) in [6.45, 7) is 11.3. The van der Waals surface area contributed by atoms with E-state index in [9.17, 15) is 9.65 Å². The average Bonchev–Trinajstić information content (AvgIpc) is 3.29. The predicted octanol–water partition coefficient (Wildman–Crippen LogP) is 1.71. The van der Waals surface area contributed by atoms with Crippen LogP contribution in [-0.2, 0) is 4.74 Å². The first-order chi connectivity index (χ1) is 19.0. The van der Waals surface area contributed by atoms with Gasteiger partial charge in [-0.25, -0.2) is 13.9 Å². The lowest BCUT2D eigenvalue weighted by molar-refractivity contribution is -0.0327. The maximum atomic E-state index is 14.7. The van der Waals surface area contributed by atoms with Crippen molar-refractivity contribution in [1.29, 1.82) is 5.26 Å². The number of rotatable bonds is 5. The smallest absolute Gasteiger partial charge is 0.171 e. The van der Waals surface area contributed by atoms with Crippen molar-refractivity contribution >= 4 is 22.7 Å². The second-order valence-electron chi connectivity index (χ2n) is 11.4. The van der Waals surface area contributed by atoms with E-state index in [0.29, 0.717) is 29.8 Å². The topological polar surface area (TPSA) is 88.2 Å². The summed E-state index contributed by atoms with van der Waals surface area (Å²) in [6, 6.07) is 9.98. The molecule has 0 radical (unpaired) electrons. The molecule has 11 heteroatoms. The Bertz CT molecular complexity index is 1380. The summed E-state index contributed by atoms with van der Waals surface area (Å²) in [5, 5.41) is 17.0. The minimum absolute atomic E-state index is 0.00732. The van der Waals surface area contributed by atoms with E-state index in [-0.39, 0.29) is 12.2 Å². The van der Waals surface area contributed by atoms with Crippen LogP contribution in [0.15, 0.2) is 36.7 Å². The first-order valence-corrected chi connectivity index (χ1v) is 13.9. The van der Waals surface area contributed by atoms with Gasteiger partial charge in [0.15, 0.2) is 5.82 Å². The van der Waals surface area contributed by atoms with Gasteiger partial charge in [-0.2, -0.15) is 10.4 Å². The summed E-state index contributed by atoms with van der Waals surface area (Å²) >= 11 is 0. The molecular weight excluding hydrogens is 497 g/mol. The molecule has 1 N–H and O–H groups in total. The number of hydrogen-bond donors (Lipinski definition) is 1. The van der Waals surface area contributed by atoms with E-state index in [1.54, 1.807) is 6.07 Å². The first kappa shape index (κ1) is 24.6. The Labute approximate surface area is 227 Å². The van der Waals surface area contributed by atoms with Crippen LogP contribution in [0.1, 0.15) is 19.0 Å². The molecule has 204 valence electrons. The number of nitrogens with zero attached hydrogens (tertiary/aromatic N) is 8. The fourth-order valence-electron chi connectivity index (χ4n) is 6.56. The van der Waals surface area contributed by atoms with Crippen LogP contribution in [0.3, 0.4) is 0 Å². The molecule has 4 saturated heterocycles. The van der Waals surface area contributed by atoms with Gasteiger partial charge in [0.25, 0.3) is 0 Å². The minimum Gasteiger partial charge on any atom is -0.370 e. The van der Waals surface area contributed by atoms with Crippen molar-refractivity contribution in [3.63, 3.8) is 0 Å². The predicted molar refractivity (Wildman–Crippen MR) is 147 cm³/mol. The molecule has 2 atom stereocenters. The fraction of sp³-hybridized carbons (Fsp3) is 0.536. The number of morpholine rings is 1. The molecule has 7 rings (SSSR count). The number of anilines is 3. The second-order valence-corrected chi connectivity index (χ2v) is 11.4. The number of ether oxygens (including phenoxy) is 1. The monoisotopic (exact) mass is 531 g/mol. The largest absolute Gasteiger partial charge is 0.370 e. The molecular formula is C28H34FN9O. The zero-order valence-corrected chi connectivity index (χ0v) is 22.3. The van der Waals surface area contributed by atoms with Crippen molar-refractivity contribution in [2.75, 3.05) is 80.1 Å². The van der Waals surface area contributed by atoms with E-state index in [0.717, 1.165) is 63.9 Å². The van der Waals surface area contributed by atoms with Crippen LogP contribution in [0.5, 0.6) is 0 Å². The maximum absolute atomic E-state index is 14.7. The molecule has 0 bridgehead atoms. The number of fused-ring (bicyclic) bond motifs is 1. The molecule has 4 aliphatic heterocycles. The summed E-state index contributed by atoms with van der Waals surface area (Å²) in [5.41, 5.74) is 2.96. The Kier molecular flexibility index (Phi) is 6.06. The number of hydrogen-bond acceptors (Lipinski definition) is 9. The SMILES string of the molecule is C[C@@H]1CN(c2ccc(C#N)n3ncc(F)c23)C[C@H](CN2CCN(c3ccc(N4CC5(CCN5)C4)nc3)CC2)O1. The third-order valence-electron chi connectivity index (χ3n) is 8.72. The van der Waals surface area contributed by atoms with Gasteiger partial charge in [0.1, 0.15) is 23.1 Å². The summed E-state index contributed by atoms with van der Waals surface area (Å²) in [5.74, 6) is 0.654. The summed E-state index contributed by atoms with van der Waals surface area (Å²) in [4.78, 5) is 14.1. The highest BCUT2D eigenvalue weighted by Gasteiger charge is 2.47. The van der Waals surface area contributed by atoms with Gasteiger partial charge in [0.2, 0.25) is 0 Å². The highest BCUT2D eigenvalue weighted by Crippen LogP contribution is 2.34. The van der Waals surface area contributed by atoms with Gasteiger partial charge < -0.3 is 24.8 Å². The molecule has 3 aromatic rings. The van der Waals surface area contributed by atoms with E-state index in [2.05, 4.69) is 55.1 Å². The molecule has 4 fully saturated rings. The number of halogens is 1. The first-order valence-electron chi connectivity index (χ1n) is 13.9. The van der Waals surface area contributed by atoms with Crippen LogP contribution >= 0.6 is 0 Å². The molecule has 0 aliphatic carbocycles. The lowest BCUT2D eigenvalue weighted by Crippen LogP contribution is -2.76. The molecule has 3 aromatic heterocycles. The minimum atomic E-state index is -0.416. The molecule has 0 amide bonds. The number of nitrogens with one attached hydrogen (secondary N) is 1. The van der Waals surface area contributed by atoms with Gasteiger partial charge in [0.05, 0.1) is 41.5 Å². The van der Waals surface area contributed by atoms with Gasteiger partial charge in [0, 0.05) is 58.9 Å². The van der Waals surface area contributed by atoms with Crippen LogP contribution in [0.25, 0.3) is 5.52 Å². The molecule has 7 heterocycles. The zero-order chi connectivity index (χ0) is 26.6. The van der Waals surface area contributed by atoms with Crippen LogP contribution in [-0.4, -0.2) is 103 Å². The van der Waals surface area contributed by atoms with E-state index < -0.39 is 5.82 Å². The third kappa shape index (κ3) is 4.46. The fourth-order valence-corrected chi connectivity index (χ4v) is 6.56. The molecule has 0 saturated carbocycles. The number of nitriles is 1. The molecule has 0 aromatic carbocycles. The lowest BCUT2D eigenvalue weighted by Gasteiger charge is -2.56. The van der Waals surface area contributed by atoms with Crippen LogP contribution in [0.2, 0.25) is 0 Å². The van der Waals surface area contributed by atoms with Crippen molar-refractivity contribution in [3.05, 3.63) is 48.2 Å². The van der Waals surface area contributed by atoms with Crippen LogP contribution in [0, 0.1) is 17.1 Å². The third-order valence-corrected chi connectivity index (χ3v) is 8.72. The summed E-state index contributed by atoms with van der Waals surface area (Å²) in [7, 11) is 0. The Morgan fingerprint density at radius 3 is 2.59 bits per heavy atom. The van der Waals surface area contributed by atoms with E-state index in [4.69, 9.17) is 9.72 Å². The molecule has 39 heavy (non-hydrogen) atoms. The average molecular weight is 532 g/mol. The van der Waals surface area contributed by atoms with Gasteiger partial charge in [-0.05, 0) is 44.2 Å². The Morgan fingerprint density at radius 1 is 1.08 bits per heavy atom. The lowest BCUT2D eigenvalue weighted by atomic mass is 9.80. The molecule has 0 unspecified atom stereocenters. The Balaban J connectivity index is 0.957. The van der Waals surface area contributed by atoms with Gasteiger partial charge in [-0.1, -0.05) is 0 Å². The van der Waals surface area contributed by atoms with Gasteiger partial charge >= 0.3 is 0 Å². The number of piperazine rings is 1. The summed E-state index contributed by atoms with van der Waals surface area (Å²) in [6.07, 6.45) is 4.49. The zero-order valence-electron chi connectivity index (χ0n) is 22.3. The maximum Gasteiger partial charge on any atom is 0.171 e. The van der Waals surface area contributed by atoms with Crippen molar-refractivity contribution in [1.82, 2.24) is 24.8 Å². The van der Waals surface area contributed by atoms with E-state index >= 15 is 0 Å². The summed E-state index contributed by atoms with van der Waals surface area (Å²) < 4.78 is 22.4. The van der Waals surface area contributed by atoms with E-state index in [1.165, 1.54) is 22.8 Å². The van der Waals surface area contributed by atoms with Crippen molar-refractivity contribution in [2.45, 2.75) is 31.1 Å². The normalized spacial score (nSPS) is 25.0. The standard InChI is InChI=1S/C28H34FN9O/c1-20-15-36(25-4-2-21(12-30)38-27(25)24(29)14-33-38)17-23(39-20)16-34-8-10-35(11-9-34)22-3-5-26(31-13-22)37-18-28(19-37)6-7-32-28/h2-5,13-14,20,23,32H,6-11,15-19H2,1H3/t20-,23+/m1/s1. The molecule has 1 spiro atoms. The Morgan fingerprint density at radius 2 is 1.90 bits per heavy atom. The number of pyridine rings is 2. The van der Waals surface area contributed by atoms with Gasteiger partial charge in [-0.3, -0.25) is 4.90 Å². The van der Waals surface area contributed by atoms with Crippen LogP contribution < -0.4 is 20.0 Å². The highest BCUT2D eigenvalue weighted by molar-refractivity contribution is 5.74. The highest BCUT2D eigenvalue weighted by atomic mass is 19.1. The molecule has 4 aliphatic rings.